The maximum Gasteiger partial charge on any atom is 0.269 e. The summed E-state index contributed by atoms with van der Waals surface area (Å²) in [6, 6.07) is 0. The van der Waals surface area contributed by atoms with E-state index < -0.39 is 0 Å². The molecule has 1 atom stereocenters. The first-order valence-corrected chi connectivity index (χ1v) is 6.53. The summed E-state index contributed by atoms with van der Waals surface area (Å²) in [5.41, 5.74) is 2.48. The van der Waals surface area contributed by atoms with Crippen LogP contribution in [0.3, 0.4) is 0 Å². The van der Waals surface area contributed by atoms with Gasteiger partial charge in [0.15, 0.2) is 0 Å². The van der Waals surface area contributed by atoms with E-state index in [2.05, 4.69) is 18.9 Å². The standard InChI is InChI=1S/C13H22N2O/c1-3-4-5-8-15-13(16)11-7-6-10(2)9-12(11)14-15/h10,14H,3-9H2,1-2H3. The van der Waals surface area contributed by atoms with E-state index in [1.165, 1.54) is 18.5 Å². The number of nitrogens with one attached hydrogen (secondary N) is 1. The van der Waals surface area contributed by atoms with Crippen molar-refractivity contribution in [3.63, 3.8) is 0 Å². The molecule has 1 N–H and O–H groups in total. The van der Waals surface area contributed by atoms with Crippen LogP contribution in [0.25, 0.3) is 0 Å². The quantitative estimate of drug-likeness (QED) is 0.781. The molecule has 0 saturated heterocycles. The number of aryl methyl sites for hydroxylation is 1. The Balaban J connectivity index is 2.12. The molecule has 1 aromatic rings. The minimum Gasteiger partial charge on any atom is -0.299 e. The molecule has 0 amide bonds. The van der Waals surface area contributed by atoms with E-state index in [1.807, 2.05) is 4.68 Å². The van der Waals surface area contributed by atoms with Crippen molar-refractivity contribution in [3.05, 3.63) is 21.6 Å². The topological polar surface area (TPSA) is 37.8 Å². The van der Waals surface area contributed by atoms with Crippen molar-refractivity contribution in [1.82, 2.24) is 9.78 Å². The molecule has 1 aliphatic rings. The molecule has 0 aliphatic heterocycles. The number of rotatable bonds is 4. The van der Waals surface area contributed by atoms with E-state index in [0.717, 1.165) is 43.7 Å². The molecule has 3 nitrogen and oxygen atoms in total. The largest absolute Gasteiger partial charge is 0.299 e. The van der Waals surface area contributed by atoms with Crippen LogP contribution in [-0.4, -0.2) is 9.78 Å². The summed E-state index contributed by atoms with van der Waals surface area (Å²) in [4.78, 5) is 12.0. The molecule has 1 unspecified atom stereocenters. The van der Waals surface area contributed by atoms with Gasteiger partial charge in [-0.2, -0.15) is 0 Å². The Morgan fingerprint density at radius 3 is 3.00 bits per heavy atom. The molecular weight excluding hydrogens is 200 g/mol. The van der Waals surface area contributed by atoms with Crippen molar-refractivity contribution >= 4 is 0 Å². The van der Waals surface area contributed by atoms with Crippen molar-refractivity contribution in [2.24, 2.45) is 5.92 Å². The molecule has 0 spiro atoms. The molecule has 2 rings (SSSR count). The van der Waals surface area contributed by atoms with Gasteiger partial charge < -0.3 is 0 Å². The predicted molar refractivity (Wildman–Crippen MR) is 65.8 cm³/mol. The van der Waals surface area contributed by atoms with Crippen LogP contribution in [0.2, 0.25) is 0 Å². The van der Waals surface area contributed by atoms with Gasteiger partial charge in [-0.05, 0) is 31.6 Å². The van der Waals surface area contributed by atoms with Gasteiger partial charge in [0.2, 0.25) is 0 Å². The fourth-order valence-corrected chi connectivity index (χ4v) is 2.52. The van der Waals surface area contributed by atoms with Crippen LogP contribution >= 0.6 is 0 Å². The molecule has 0 fully saturated rings. The molecule has 0 bridgehead atoms. The van der Waals surface area contributed by atoms with E-state index in [1.54, 1.807) is 0 Å². The summed E-state index contributed by atoms with van der Waals surface area (Å²) in [5.74, 6) is 0.717. The first-order chi connectivity index (χ1) is 7.72. The zero-order valence-corrected chi connectivity index (χ0v) is 10.4. The van der Waals surface area contributed by atoms with Gasteiger partial charge in [0.25, 0.3) is 5.56 Å². The molecule has 0 saturated carbocycles. The maximum atomic E-state index is 12.0. The average molecular weight is 222 g/mol. The fourth-order valence-electron chi connectivity index (χ4n) is 2.52. The number of H-pyrrole nitrogens is 1. The lowest BCUT2D eigenvalue weighted by molar-refractivity contribution is 0.489. The monoisotopic (exact) mass is 222 g/mol. The molecule has 16 heavy (non-hydrogen) atoms. The number of nitrogens with zero attached hydrogens (tertiary/aromatic N) is 1. The second kappa shape index (κ2) is 4.89. The number of fused-ring (bicyclic) bond motifs is 1. The zero-order valence-electron chi connectivity index (χ0n) is 10.4. The van der Waals surface area contributed by atoms with Gasteiger partial charge in [0.1, 0.15) is 0 Å². The Bertz CT molecular complexity index is 403. The highest BCUT2D eigenvalue weighted by atomic mass is 16.1. The van der Waals surface area contributed by atoms with Crippen LogP contribution in [0.1, 0.15) is 50.8 Å². The number of aromatic nitrogens is 2. The van der Waals surface area contributed by atoms with E-state index in [9.17, 15) is 4.79 Å². The minimum atomic E-state index is 0.234. The average Bonchev–Trinajstić information content (AvgIpc) is 2.56. The zero-order chi connectivity index (χ0) is 11.5. The minimum absolute atomic E-state index is 0.234. The molecule has 1 aromatic heterocycles. The van der Waals surface area contributed by atoms with Gasteiger partial charge in [0, 0.05) is 17.8 Å². The van der Waals surface area contributed by atoms with E-state index >= 15 is 0 Å². The number of unbranched alkanes of at least 4 members (excludes halogenated alkanes) is 2. The Kier molecular flexibility index (Phi) is 3.52. The third kappa shape index (κ3) is 2.23. The lowest BCUT2D eigenvalue weighted by Gasteiger charge is -2.15. The van der Waals surface area contributed by atoms with Crippen molar-refractivity contribution in [2.45, 2.75) is 58.9 Å². The summed E-state index contributed by atoms with van der Waals surface area (Å²) in [7, 11) is 0. The third-order valence-electron chi connectivity index (χ3n) is 3.56. The van der Waals surface area contributed by atoms with E-state index in [4.69, 9.17) is 0 Å². The SMILES string of the molecule is CCCCCn1[nH]c2c(c1=O)CCC(C)C2. The first kappa shape index (κ1) is 11.5. The summed E-state index contributed by atoms with van der Waals surface area (Å²) < 4.78 is 1.82. The molecular formula is C13H22N2O. The third-order valence-corrected chi connectivity index (χ3v) is 3.56. The summed E-state index contributed by atoms with van der Waals surface area (Å²) in [6.45, 7) is 5.30. The lowest BCUT2D eigenvalue weighted by Crippen LogP contribution is -2.20. The van der Waals surface area contributed by atoms with E-state index in [-0.39, 0.29) is 5.56 Å². The van der Waals surface area contributed by atoms with Gasteiger partial charge >= 0.3 is 0 Å². The highest BCUT2D eigenvalue weighted by Gasteiger charge is 2.21. The lowest BCUT2D eigenvalue weighted by atomic mass is 9.89. The highest BCUT2D eigenvalue weighted by molar-refractivity contribution is 5.20. The first-order valence-electron chi connectivity index (χ1n) is 6.53. The van der Waals surface area contributed by atoms with Crippen molar-refractivity contribution < 1.29 is 0 Å². The summed E-state index contributed by atoms with van der Waals surface area (Å²) in [6.07, 6.45) is 6.68. The Morgan fingerprint density at radius 2 is 2.25 bits per heavy atom. The van der Waals surface area contributed by atoms with Crippen LogP contribution < -0.4 is 5.56 Å². The molecule has 90 valence electrons. The predicted octanol–water partition coefficient (Wildman–Crippen LogP) is 2.49. The van der Waals surface area contributed by atoms with E-state index in [0.29, 0.717) is 0 Å². The molecule has 0 aromatic carbocycles. The second-order valence-corrected chi connectivity index (χ2v) is 5.08. The summed E-state index contributed by atoms with van der Waals surface area (Å²) >= 11 is 0. The number of hydrogen-bond donors (Lipinski definition) is 1. The number of aromatic amines is 1. The van der Waals surface area contributed by atoms with Crippen LogP contribution in [-0.2, 0) is 19.4 Å². The van der Waals surface area contributed by atoms with Gasteiger partial charge in [-0.3, -0.25) is 14.6 Å². The fraction of sp³-hybridized carbons (Fsp3) is 0.769. The highest BCUT2D eigenvalue weighted by Crippen LogP contribution is 2.21. The number of hydrogen-bond acceptors (Lipinski definition) is 1. The van der Waals surface area contributed by atoms with Gasteiger partial charge in [0.05, 0.1) is 0 Å². The normalized spacial score (nSPS) is 19.8. The molecule has 0 radical (unpaired) electrons. The van der Waals surface area contributed by atoms with Crippen LogP contribution in [0.15, 0.2) is 4.79 Å². The Labute approximate surface area is 96.8 Å². The van der Waals surface area contributed by atoms with Crippen LogP contribution in [0, 0.1) is 5.92 Å². The van der Waals surface area contributed by atoms with Gasteiger partial charge in [-0.1, -0.05) is 26.7 Å². The molecule has 3 heteroatoms. The van der Waals surface area contributed by atoms with Gasteiger partial charge in [-0.25, -0.2) is 0 Å². The Morgan fingerprint density at radius 1 is 1.44 bits per heavy atom. The molecule has 1 heterocycles. The molecule has 1 aliphatic carbocycles. The van der Waals surface area contributed by atoms with Crippen molar-refractivity contribution in [3.8, 4) is 0 Å². The second-order valence-electron chi connectivity index (χ2n) is 5.08. The Hall–Kier alpha value is -0.990. The summed E-state index contributed by atoms with van der Waals surface area (Å²) in [5, 5.41) is 3.30. The smallest absolute Gasteiger partial charge is 0.269 e. The van der Waals surface area contributed by atoms with Crippen LogP contribution in [0.4, 0.5) is 0 Å². The van der Waals surface area contributed by atoms with Gasteiger partial charge in [-0.15, -0.1) is 0 Å². The maximum absolute atomic E-state index is 12.0. The van der Waals surface area contributed by atoms with Crippen molar-refractivity contribution in [2.75, 3.05) is 0 Å². The van der Waals surface area contributed by atoms with Crippen LogP contribution in [0.5, 0.6) is 0 Å². The van der Waals surface area contributed by atoms with Crippen molar-refractivity contribution in [1.29, 1.82) is 0 Å².